The Kier molecular flexibility index (Phi) is 10.8. The Hall–Kier alpha value is -4.21. The van der Waals surface area contributed by atoms with E-state index in [9.17, 15) is 9.90 Å². The highest BCUT2D eigenvalue weighted by Gasteiger charge is 2.21. The van der Waals surface area contributed by atoms with E-state index in [-0.39, 0.29) is 11.5 Å². The van der Waals surface area contributed by atoms with Gasteiger partial charge in [0, 0.05) is 38.0 Å². The molecular weight excluding hydrogens is 508 g/mol. The smallest absolute Gasteiger partial charge is 0.342 e. The molecular formula is C31H38N4O5. The number of aromatic nitrogens is 1. The van der Waals surface area contributed by atoms with Gasteiger partial charge in [0.25, 0.3) is 0 Å². The van der Waals surface area contributed by atoms with Crippen LogP contribution in [0.25, 0.3) is 5.57 Å². The van der Waals surface area contributed by atoms with Crippen LogP contribution in [0.15, 0.2) is 78.4 Å². The molecule has 212 valence electrons. The monoisotopic (exact) mass is 546 g/mol. The number of aliphatic carboxylic acids is 1. The molecule has 0 bridgehead atoms. The maximum absolute atomic E-state index is 11.4. The predicted octanol–water partition coefficient (Wildman–Crippen LogP) is 5.17. The van der Waals surface area contributed by atoms with Crippen molar-refractivity contribution in [2.75, 3.05) is 32.7 Å². The van der Waals surface area contributed by atoms with Crippen LogP contribution in [-0.2, 0) is 38.6 Å². The second-order valence-electron chi connectivity index (χ2n) is 9.57. The second kappa shape index (κ2) is 14.3. The number of nitrogens with zero attached hydrogens (tertiary/aromatic N) is 2. The Labute approximate surface area is 236 Å². The van der Waals surface area contributed by atoms with Crippen molar-refractivity contribution in [3.05, 3.63) is 101 Å². The average molecular weight is 547 g/mol. The van der Waals surface area contributed by atoms with E-state index in [0.29, 0.717) is 53.9 Å². The summed E-state index contributed by atoms with van der Waals surface area (Å²) in [5.41, 5.74) is 5.30. The largest absolute Gasteiger partial charge is 0.488 e. The molecule has 1 atom stereocenters. The van der Waals surface area contributed by atoms with Gasteiger partial charge in [-0.3, -0.25) is 4.90 Å². The highest BCUT2D eigenvalue weighted by molar-refractivity contribution is 6.08. The van der Waals surface area contributed by atoms with Crippen LogP contribution in [0.1, 0.15) is 36.2 Å². The third kappa shape index (κ3) is 7.46. The third-order valence-electron chi connectivity index (χ3n) is 6.65. The summed E-state index contributed by atoms with van der Waals surface area (Å²) < 4.78 is 16.8. The minimum absolute atomic E-state index is 0.101. The molecule has 9 nitrogen and oxygen atoms in total. The topological polar surface area (TPSA) is 117 Å². The lowest BCUT2D eigenvalue weighted by Gasteiger charge is -2.33. The van der Waals surface area contributed by atoms with E-state index in [4.69, 9.17) is 19.6 Å². The minimum atomic E-state index is -1.29. The first-order valence-corrected chi connectivity index (χ1v) is 13.0. The molecule has 1 aliphatic heterocycles. The zero-order valence-corrected chi connectivity index (χ0v) is 23.6. The summed E-state index contributed by atoms with van der Waals surface area (Å²) in [6, 6.07) is 12.1. The van der Waals surface area contributed by atoms with Gasteiger partial charge in [0.15, 0.2) is 0 Å². The van der Waals surface area contributed by atoms with Crippen molar-refractivity contribution in [1.82, 2.24) is 9.88 Å². The number of hydrogen-bond acceptors (Lipinski definition) is 8. The van der Waals surface area contributed by atoms with Crippen molar-refractivity contribution in [2.24, 2.45) is 0 Å². The lowest BCUT2D eigenvalue weighted by Crippen LogP contribution is -2.39. The molecule has 40 heavy (non-hydrogen) atoms. The zero-order valence-electron chi connectivity index (χ0n) is 23.6. The van der Waals surface area contributed by atoms with Crippen LogP contribution in [0.4, 0.5) is 5.82 Å². The van der Waals surface area contributed by atoms with Gasteiger partial charge in [0.2, 0.25) is 5.88 Å². The summed E-state index contributed by atoms with van der Waals surface area (Å²) >= 11 is 0. The van der Waals surface area contributed by atoms with E-state index >= 15 is 0 Å². The SMILES string of the molecule is C=C/C(=C(/OCc1ccc2c(c1)CCN(C(C)COC)C2)C(=C)C)c1cccc(N/C(OC)=C(\C=N)C(=O)O)n1. The fourth-order valence-electron chi connectivity index (χ4n) is 4.56. The first-order chi connectivity index (χ1) is 19.2. The standard InChI is InChI=1S/C31H38N4O5/c1-7-25(27-9-8-10-28(33-27)34-30(39-6)26(16-32)31(36)37)29(20(2)3)40-19-22-11-12-24-17-35(21(4)18-38-5)14-13-23(24)15-22/h7-12,15-16,21,32H,1-2,13-14,17-19H2,3-6H3,(H,33,34)(H,36,37)/b29-25-,30-26-,32-16?. The van der Waals surface area contributed by atoms with Crippen LogP contribution in [-0.4, -0.2) is 60.6 Å². The molecule has 2 aromatic rings. The van der Waals surface area contributed by atoms with Crippen molar-refractivity contribution < 1.29 is 24.1 Å². The van der Waals surface area contributed by atoms with Crippen molar-refractivity contribution >= 4 is 23.6 Å². The Balaban J connectivity index is 1.83. The van der Waals surface area contributed by atoms with Gasteiger partial charge in [0.1, 0.15) is 23.8 Å². The molecule has 0 saturated heterocycles. The minimum Gasteiger partial charge on any atom is -0.488 e. The van der Waals surface area contributed by atoms with E-state index in [2.05, 4.69) is 53.5 Å². The summed E-state index contributed by atoms with van der Waals surface area (Å²) in [7, 11) is 3.06. The first-order valence-electron chi connectivity index (χ1n) is 13.0. The Bertz CT molecular complexity index is 1330. The van der Waals surface area contributed by atoms with E-state index in [1.54, 1.807) is 31.4 Å². The van der Waals surface area contributed by atoms with Crippen LogP contribution in [0, 0.1) is 5.41 Å². The summed E-state index contributed by atoms with van der Waals surface area (Å²) in [5.74, 6) is -0.499. The number of pyridine rings is 1. The van der Waals surface area contributed by atoms with Crippen LogP contribution >= 0.6 is 0 Å². The number of hydrogen-bond donors (Lipinski definition) is 3. The Morgan fingerprint density at radius 1 is 1.27 bits per heavy atom. The van der Waals surface area contributed by atoms with Crippen molar-refractivity contribution in [3.63, 3.8) is 0 Å². The quantitative estimate of drug-likeness (QED) is 0.129. The molecule has 9 heteroatoms. The summed E-state index contributed by atoms with van der Waals surface area (Å²) in [5, 5.41) is 19.6. The molecule has 0 aliphatic carbocycles. The van der Waals surface area contributed by atoms with Gasteiger partial charge in [-0.25, -0.2) is 9.78 Å². The highest BCUT2D eigenvalue weighted by Crippen LogP contribution is 2.28. The van der Waals surface area contributed by atoms with E-state index in [1.165, 1.54) is 18.2 Å². The fourth-order valence-corrected chi connectivity index (χ4v) is 4.56. The maximum Gasteiger partial charge on any atom is 0.342 e. The van der Waals surface area contributed by atoms with E-state index < -0.39 is 5.97 Å². The summed E-state index contributed by atoms with van der Waals surface area (Å²) in [4.78, 5) is 18.5. The third-order valence-corrected chi connectivity index (χ3v) is 6.65. The van der Waals surface area contributed by atoms with Crippen LogP contribution in [0.5, 0.6) is 0 Å². The maximum atomic E-state index is 11.4. The highest BCUT2D eigenvalue weighted by atomic mass is 16.5. The molecule has 0 fully saturated rings. The molecule has 0 spiro atoms. The van der Waals surface area contributed by atoms with Gasteiger partial charge in [-0.1, -0.05) is 43.5 Å². The molecule has 1 aromatic heterocycles. The number of methoxy groups -OCH3 is 2. The van der Waals surface area contributed by atoms with E-state index in [1.807, 2.05) is 6.92 Å². The molecule has 3 rings (SSSR count). The molecule has 0 saturated carbocycles. The average Bonchev–Trinajstić information content (AvgIpc) is 2.94. The van der Waals surface area contributed by atoms with Gasteiger partial charge in [-0.15, -0.1) is 0 Å². The Morgan fingerprint density at radius 3 is 2.67 bits per heavy atom. The normalized spacial score (nSPS) is 15.1. The molecule has 1 aliphatic rings. The number of ether oxygens (including phenoxy) is 3. The lowest BCUT2D eigenvalue weighted by atomic mass is 9.96. The molecule has 0 radical (unpaired) electrons. The van der Waals surface area contributed by atoms with Crippen molar-refractivity contribution in [2.45, 2.75) is 39.5 Å². The Morgan fingerprint density at radius 2 is 2.05 bits per heavy atom. The molecule has 0 amide bonds. The molecule has 2 heterocycles. The lowest BCUT2D eigenvalue weighted by molar-refractivity contribution is -0.132. The molecule has 1 aromatic carbocycles. The van der Waals surface area contributed by atoms with Crippen LogP contribution in [0.3, 0.4) is 0 Å². The van der Waals surface area contributed by atoms with Gasteiger partial charge >= 0.3 is 5.97 Å². The molecule has 3 N–H and O–H groups in total. The van der Waals surface area contributed by atoms with Crippen molar-refractivity contribution in [3.8, 4) is 0 Å². The number of carbonyl (C=O) groups is 1. The summed E-state index contributed by atoms with van der Waals surface area (Å²) in [6.45, 7) is 15.1. The van der Waals surface area contributed by atoms with Gasteiger partial charge in [0.05, 0.1) is 19.4 Å². The van der Waals surface area contributed by atoms with Gasteiger partial charge in [-0.2, -0.15) is 0 Å². The number of carboxylic acid groups (broad SMARTS) is 1. The number of benzene rings is 1. The first kappa shape index (κ1) is 30.3. The number of allylic oxidation sites excluding steroid dienone is 3. The fraction of sp³-hybridized carbons (Fsp3) is 0.323. The predicted molar refractivity (Wildman–Crippen MR) is 157 cm³/mol. The second-order valence-corrected chi connectivity index (χ2v) is 9.57. The zero-order chi connectivity index (χ0) is 29.2. The van der Waals surface area contributed by atoms with Crippen molar-refractivity contribution in [1.29, 1.82) is 5.41 Å². The van der Waals surface area contributed by atoms with Gasteiger partial charge in [-0.05, 0) is 54.7 Å². The van der Waals surface area contributed by atoms with Crippen LogP contribution < -0.4 is 5.32 Å². The number of anilines is 1. The van der Waals surface area contributed by atoms with E-state index in [0.717, 1.165) is 25.1 Å². The summed E-state index contributed by atoms with van der Waals surface area (Å²) in [6.07, 6.45) is 3.34. The number of rotatable bonds is 14. The number of carboxylic acids is 1. The number of nitrogens with one attached hydrogen (secondary N) is 2. The van der Waals surface area contributed by atoms with Gasteiger partial charge < -0.3 is 30.0 Å². The number of fused-ring (bicyclic) bond motifs is 1. The molecule has 1 unspecified atom stereocenters. The van der Waals surface area contributed by atoms with Crippen LogP contribution in [0.2, 0.25) is 0 Å².